The fourth-order valence-corrected chi connectivity index (χ4v) is 4.73. The van der Waals surface area contributed by atoms with Crippen LogP contribution in [0.1, 0.15) is 44.2 Å². The normalized spacial score (nSPS) is 16.3. The van der Waals surface area contributed by atoms with Crippen LogP contribution >= 0.6 is 11.8 Å². The average Bonchev–Trinajstić information content (AvgIpc) is 3.12. The van der Waals surface area contributed by atoms with E-state index in [-0.39, 0.29) is 5.91 Å². The summed E-state index contributed by atoms with van der Waals surface area (Å²) in [6, 6.07) is 20.4. The molecule has 0 radical (unpaired) electrons. The number of benzene rings is 3. The summed E-state index contributed by atoms with van der Waals surface area (Å²) in [5.41, 5.74) is 2.99. The number of hydrogen-bond donors (Lipinski definition) is 0. The molecular weight excluding hydrogens is 428 g/mol. The molecule has 1 saturated heterocycles. The van der Waals surface area contributed by atoms with E-state index >= 15 is 0 Å². The third kappa shape index (κ3) is 5.31. The first-order valence-electron chi connectivity index (χ1n) is 11.6. The van der Waals surface area contributed by atoms with Crippen LogP contribution in [-0.4, -0.2) is 29.1 Å². The summed E-state index contributed by atoms with van der Waals surface area (Å²) in [5.74, 6) is 0.814. The summed E-state index contributed by atoms with van der Waals surface area (Å²) in [6.07, 6.45) is 4.86. The van der Waals surface area contributed by atoms with Crippen LogP contribution in [0.4, 0.5) is 5.69 Å². The van der Waals surface area contributed by atoms with Gasteiger partial charge in [0.2, 0.25) is 0 Å². The first-order valence-corrected chi connectivity index (χ1v) is 12.4. The Morgan fingerprint density at radius 3 is 2.55 bits per heavy atom. The maximum Gasteiger partial charge on any atom is 0.266 e. The molecule has 0 aromatic heterocycles. The number of amides is 1. The molecule has 0 bridgehead atoms. The zero-order chi connectivity index (χ0) is 23.2. The Hall–Kier alpha value is -3.05. The maximum absolute atomic E-state index is 13.4. The highest BCUT2D eigenvalue weighted by atomic mass is 32.2. The van der Waals surface area contributed by atoms with E-state index < -0.39 is 0 Å². The van der Waals surface area contributed by atoms with Crippen molar-refractivity contribution in [2.45, 2.75) is 40.0 Å². The molecule has 0 aliphatic carbocycles. The SMILES string of the molecule is CCCCN1C(=O)/C(=C\c2c(OCCC)ccc3ccccc23)SC1=Nc1ccc(C)cc1. The Morgan fingerprint density at radius 2 is 1.79 bits per heavy atom. The van der Waals surface area contributed by atoms with Gasteiger partial charge >= 0.3 is 0 Å². The largest absolute Gasteiger partial charge is 0.493 e. The molecule has 4 nitrogen and oxygen atoms in total. The van der Waals surface area contributed by atoms with Gasteiger partial charge in [-0.3, -0.25) is 9.69 Å². The molecule has 33 heavy (non-hydrogen) atoms. The van der Waals surface area contributed by atoms with Crippen LogP contribution in [0.5, 0.6) is 5.75 Å². The Kier molecular flexibility index (Phi) is 7.50. The predicted molar refractivity (Wildman–Crippen MR) is 140 cm³/mol. The minimum atomic E-state index is 0.00804. The third-order valence-electron chi connectivity index (χ3n) is 5.55. The Labute approximate surface area is 200 Å². The van der Waals surface area contributed by atoms with E-state index in [1.165, 1.54) is 17.3 Å². The van der Waals surface area contributed by atoms with Gasteiger partial charge in [-0.2, -0.15) is 0 Å². The summed E-state index contributed by atoms with van der Waals surface area (Å²) in [5, 5.41) is 2.94. The Morgan fingerprint density at radius 1 is 1.00 bits per heavy atom. The number of carbonyl (C=O) groups is 1. The van der Waals surface area contributed by atoms with E-state index in [9.17, 15) is 4.79 Å². The second-order valence-corrected chi connectivity index (χ2v) is 9.21. The van der Waals surface area contributed by atoms with E-state index in [0.29, 0.717) is 18.1 Å². The smallest absolute Gasteiger partial charge is 0.266 e. The van der Waals surface area contributed by atoms with Crippen molar-refractivity contribution in [1.82, 2.24) is 4.90 Å². The zero-order valence-electron chi connectivity index (χ0n) is 19.5. The molecular formula is C28H30N2O2S. The van der Waals surface area contributed by atoms with Crippen LogP contribution < -0.4 is 4.74 Å². The molecule has 1 amide bonds. The highest BCUT2D eigenvalue weighted by molar-refractivity contribution is 8.18. The Balaban J connectivity index is 1.77. The van der Waals surface area contributed by atoms with Crippen molar-refractivity contribution in [3.05, 3.63) is 76.7 Å². The number of ether oxygens (including phenoxy) is 1. The molecule has 1 fully saturated rings. The first kappa shape index (κ1) is 23.1. The van der Waals surface area contributed by atoms with Crippen LogP contribution in [0, 0.1) is 6.92 Å². The van der Waals surface area contributed by atoms with Crippen molar-refractivity contribution in [3.63, 3.8) is 0 Å². The maximum atomic E-state index is 13.4. The molecule has 4 rings (SSSR count). The third-order valence-corrected chi connectivity index (χ3v) is 6.56. The minimum absolute atomic E-state index is 0.00804. The van der Waals surface area contributed by atoms with E-state index in [1.54, 1.807) is 0 Å². The van der Waals surface area contributed by atoms with Gasteiger partial charge in [-0.1, -0.05) is 68.3 Å². The highest BCUT2D eigenvalue weighted by Gasteiger charge is 2.33. The monoisotopic (exact) mass is 458 g/mol. The number of unbranched alkanes of at least 4 members (excludes halogenated alkanes) is 1. The molecule has 0 atom stereocenters. The molecule has 1 heterocycles. The molecule has 0 unspecified atom stereocenters. The van der Waals surface area contributed by atoms with Gasteiger partial charge in [-0.05, 0) is 66.6 Å². The highest BCUT2D eigenvalue weighted by Crippen LogP contribution is 2.38. The van der Waals surface area contributed by atoms with Crippen LogP contribution in [0.3, 0.4) is 0 Å². The molecule has 0 N–H and O–H groups in total. The number of thioether (sulfide) groups is 1. The van der Waals surface area contributed by atoms with E-state index in [4.69, 9.17) is 9.73 Å². The number of fused-ring (bicyclic) bond motifs is 1. The van der Waals surface area contributed by atoms with Gasteiger partial charge in [0, 0.05) is 12.1 Å². The molecule has 5 heteroatoms. The lowest BCUT2D eigenvalue weighted by molar-refractivity contribution is -0.122. The molecule has 1 aliphatic rings. The van der Waals surface area contributed by atoms with E-state index in [0.717, 1.165) is 52.2 Å². The van der Waals surface area contributed by atoms with Crippen LogP contribution in [0.2, 0.25) is 0 Å². The van der Waals surface area contributed by atoms with Crippen LogP contribution in [-0.2, 0) is 4.79 Å². The van der Waals surface area contributed by atoms with Crippen molar-refractivity contribution in [3.8, 4) is 5.75 Å². The van der Waals surface area contributed by atoms with Gasteiger partial charge < -0.3 is 4.74 Å². The Bertz CT molecular complexity index is 1200. The fourth-order valence-electron chi connectivity index (χ4n) is 3.73. The molecule has 0 spiro atoms. The summed E-state index contributed by atoms with van der Waals surface area (Å²) in [4.78, 5) is 20.8. The summed E-state index contributed by atoms with van der Waals surface area (Å²) < 4.78 is 6.06. The second kappa shape index (κ2) is 10.7. The van der Waals surface area contributed by atoms with E-state index in [2.05, 4.69) is 39.0 Å². The number of nitrogens with zero attached hydrogens (tertiary/aromatic N) is 2. The number of hydrogen-bond acceptors (Lipinski definition) is 4. The summed E-state index contributed by atoms with van der Waals surface area (Å²) >= 11 is 1.44. The van der Waals surface area contributed by atoms with Gasteiger partial charge in [-0.15, -0.1) is 0 Å². The van der Waals surface area contributed by atoms with Gasteiger partial charge in [0.05, 0.1) is 17.2 Å². The lowest BCUT2D eigenvalue weighted by Gasteiger charge is -2.15. The summed E-state index contributed by atoms with van der Waals surface area (Å²) in [7, 11) is 0. The molecule has 0 saturated carbocycles. The van der Waals surface area contributed by atoms with Crippen molar-refractivity contribution in [2.75, 3.05) is 13.2 Å². The standard InChI is InChI=1S/C28H30N2O2S/c1-4-6-17-30-27(31)26(33-28(30)29-22-14-11-20(3)12-15-22)19-24-23-10-8-7-9-21(23)13-16-25(24)32-18-5-2/h7-16,19H,4-6,17-18H2,1-3H3/b26-19+,29-28?. The van der Waals surface area contributed by atoms with Crippen molar-refractivity contribution in [2.24, 2.45) is 4.99 Å². The van der Waals surface area contributed by atoms with Crippen LogP contribution in [0.15, 0.2) is 70.6 Å². The average molecular weight is 459 g/mol. The van der Waals surface area contributed by atoms with Gasteiger partial charge in [0.1, 0.15) is 5.75 Å². The summed E-state index contributed by atoms with van der Waals surface area (Å²) in [6.45, 7) is 7.59. The first-order chi connectivity index (χ1) is 16.1. The van der Waals surface area contributed by atoms with E-state index in [1.807, 2.05) is 53.4 Å². The predicted octanol–water partition coefficient (Wildman–Crippen LogP) is 7.34. The number of aliphatic imine (C=N–C) groups is 1. The number of carbonyl (C=O) groups excluding carboxylic acids is 1. The lowest BCUT2D eigenvalue weighted by atomic mass is 10.0. The second-order valence-electron chi connectivity index (χ2n) is 8.20. The molecule has 170 valence electrons. The number of aryl methyl sites for hydroxylation is 1. The van der Waals surface area contributed by atoms with Gasteiger partial charge in [-0.25, -0.2) is 4.99 Å². The number of amidine groups is 1. The lowest BCUT2D eigenvalue weighted by Crippen LogP contribution is -2.30. The zero-order valence-corrected chi connectivity index (χ0v) is 20.3. The quantitative estimate of drug-likeness (QED) is 0.332. The molecule has 3 aromatic carbocycles. The van der Waals surface area contributed by atoms with Crippen molar-refractivity contribution < 1.29 is 9.53 Å². The van der Waals surface area contributed by atoms with Gasteiger partial charge in [0.15, 0.2) is 5.17 Å². The topological polar surface area (TPSA) is 41.9 Å². The minimum Gasteiger partial charge on any atom is -0.493 e. The van der Waals surface area contributed by atoms with Gasteiger partial charge in [0.25, 0.3) is 5.91 Å². The van der Waals surface area contributed by atoms with Crippen LogP contribution in [0.25, 0.3) is 16.8 Å². The number of rotatable bonds is 8. The molecule has 1 aliphatic heterocycles. The van der Waals surface area contributed by atoms with Crippen molar-refractivity contribution in [1.29, 1.82) is 0 Å². The van der Waals surface area contributed by atoms with Crippen molar-refractivity contribution >= 4 is 45.4 Å². The fraction of sp³-hybridized carbons (Fsp3) is 0.286. The molecule has 3 aromatic rings.